The fourth-order valence-electron chi connectivity index (χ4n) is 4.38. The number of nitrogens with zero attached hydrogens (tertiary/aromatic N) is 1. The number of aromatic nitrogens is 1. The Balaban J connectivity index is 1.62. The summed E-state index contributed by atoms with van der Waals surface area (Å²) in [6, 6.07) is 13.1. The number of fused-ring (bicyclic) bond motifs is 1. The minimum absolute atomic E-state index is 0.232. The van der Waals surface area contributed by atoms with Crippen molar-refractivity contribution in [2.24, 2.45) is 0 Å². The monoisotopic (exact) mass is 584 g/mol. The number of ketones is 1. The Hall–Kier alpha value is -4.36. The van der Waals surface area contributed by atoms with Gasteiger partial charge in [0.1, 0.15) is 12.7 Å². The second kappa shape index (κ2) is 12.9. The van der Waals surface area contributed by atoms with Gasteiger partial charge < -0.3 is 29.0 Å². The molecule has 2 heterocycles. The minimum Gasteiger partial charge on any atom is -0.463 e. The smallest absolute Gasteiger partial charge is 0.303 e. The van der Waals surface area contributed by atoms with E-state index in [-0.39, 0.29) is 17.5 Å². The number of hydrogen-bond acceptors (Lipinski definition) is 13. The van der Waals surface area contributed by atoms with Crippen LogP contribution in [0.3, 0.4) is 0 Å². The number of ether oxygens (including phenoxy) is 5. The molecule has 41 heavy (non-hydrogen) atoms. The summed E-state index contributed by atoms with van der Waals surface area (Å²) in [7, 11) is 0. The van der Waals surface area contributed by atoms with E-state index >= 15 is 0 Å². The summed E-state index contributed by atoms with van der Waals surface area (Å²) < 4.78 is 27.4. The molecule has 2 unspecified atom stereocenters. The van der Waals surface area contributed by atoms with Crippen molar-refractivity contribution in [1.29, 1.82) is 0 Å². The number of rotatable bonds is 9. The summed E-state index contributed by atoms with van der Waals surface area (Å²) in [5, 5.41) is 5.12. The first-order valence-corrected chi connectivity index (χ1v) is 13.4. The minimum atomic E-state index is -1.33. The molecule has 0 saturated carbocycles. The molecule has 0 amide bonds. The predicted molar refractivity (Wildman–Crippen MR) is 145 cm³/mol. The molecule has 0 spiro atoms. The number of anilines is 1. The Morgan fingerprint density at radius 1 is 0.829 bits per heavy atom. The largest absolute Gasteiger partial charge is 0.463 e. The molecule has 4 rings (SSSR count). The third-order valence-corrected chi connectivity index (χ3v) is 6.93. The van der Waals surface area contributed by atoms with Crippen molar-refractivity contribution in [2.75, 3.05) is 11.9 Å². The fourth-order valence-corrected chi connectivity index (χ4v) is 5.19. The van der Waals surface area contributed by atoms with Crippen molar-refractivity contribution < 1.29 is 47.7 Å². The number of thiazole rings is 1. The number of hydrogen-bond donors (Lipinski definition) is 1. The summed E-state index contributed by atoms with van der Waals surface area (Å²) >= 11 is 1.03. The van der Waals surface area contributed by atoms with E-state index in [4.69, 9.17) is 23.7 Å². The molecule has 1 aromatic heterocycles. The van der Waals surface area contributed by atoms with E-state index in [1.54, 1.807) is 12.1 Å². The molecule has 216 valence electrons. The molecular weight excluding hydrogens is 556 g/mol. The van der Waals surface area contributed by atoms with Gasteiger partial charge in [-0.15, -0.1) is 0 Å². The molecule has 1 saturated heterocycles. The van der Waals surface area contributed by atoms with Crippen LogP contribution < -0.4 is 5.32 Å². The van der Waals surface area contributed by atoms with Gasteiger partial charge in [-0.05, 0) is 16.8 Å². The Bertz CT molecular complexity index is 1470. The summed E-state index contributed by atoms with van der Waals surface area (Å²) in [4.78, 5) is 65.3. The van der Waals surface area contributed by atoms with Crippen LogP contribution in [-0.2, 0) is 42.9 Å². The van der Waals surface area contributed by atoms with Crippen molar-refractivity contribution in [2.45, 2.75) is 58.3 Å². The SMILES string of the molecule is CC(=O)OCC1O[C@H](Nc2ncc(C(=O)c3ccc4ccccc4c3)s2)[C@H](OC(C)=O)C(OC(C)=O)[C@@H]1OC(C)=O. The standard InChI is InChI=1S/C28H28N2O10S/c1-14(31)36-13-21-24(37-15(2)32)25(38-16(3)33)26(39-17(4)34)27(40-21)30-28-29-12-22(41-28)23(35)20-10-9-18-7-5-6-8-19(18)11-20/h5-12,21,24-27H,13H2,1-4H3,(H,29,30)/t21?,24-,25?,26-,27+/m1/s1. The third kappa shape index (κ3) is 7.44. The molecule has 1 aliphatic heterocycles. The zero-order chi connectivity index (χ0) is 29.7. The van der Waals surface area contributed by atoms with E-state index in [0.29, 0.717) is 10.4 Å². The van der Waals surface area contributed by atoms with Crippen molar-refractivity contribution in [3.63, 3.8) is 0 Å². The van der Waals surface area contributed by atoms with E-state index in [9.17, 15) is 24.0 Å². The van der Waals surface area contributed by atoms with Crippen LogP contribution in [-0.4, -0.2) is 71.9 Å². The van der Waals surface area contributed by atoms with Crippen LogP contribution in [0.4, 0.5) is 5.13 Å². The molecule has 1 aliphatic rings. The Morgan fingerprint density at radius 2 is 1.46 bits per heavy atom. The van der Waals surface area contributed by atoms with E-state index < -0.39 is 54.5 Å². The lowest BCUT2D eigenvalue weighted by atomic mass is 9.97. The predicted octanol–water partition coefficient (Wildman–Crippen LogP) is 3.02. The molecule has 2 aromatic carbocycles. The molecule has 0 bridgehead atoms. The summed E-state index contributed by atoms with van der Waals surface area (Å²) in [5.41, 5.74) is 0.478. The average molecular weight is 585 g/mol. The zero-order valence-electron chi connectivity index (χ0n) is 22.7. The van der Waals surface area contributed by atoms with E-state index in [0.717, 1.165) is 42.9 Å². The van der Waals surface area contributed by atoms with Gasteiger partial charge in [-0.25, -0.2) is 4.98 Å². The molecule has 0 aliphatic carbocycles. The van der Waals surface area contributed by atoms with Crippen LogP contribution in [0.1, 0.15) is 42.9 Å². The fraction of sp³-hybridized carbons (Fsp3) is 0.357. The van der Waals surface area contributed by atoms with E-state index in [1.807, 2.05) is 30.3 Å². The third-order valence-electron chi connectivity index (χ3n) is 6.00. The lowest BCUT2D eigenvalue weighted by Gasteiger charge is -2.44. The highest BCUT2D eigenvalue weighted by Crippen LogP contribution is 2.32. The van der Waals surface area contributed by atoms with Crippen molar-refractivity contribution in [3.8, 4) is 0 Å². The van der Waals surface area contributed by atoms with Crippen LogP contribution in [0.15, 0.2) is 48.7 Å². The molecule has 12 nitrogen and oxygen atoms in total. The molecule has 0 radical (unpaired) electrons. The maximum atomic E-state index is 13.2. The first-order valence-electron chi connectivity index (χ1n) is 12.6. The van der Waals surface area contributed by atoms with Crippen molar-refractivity contribution in [3.05, 3.63) is 59.1 Å². The number of esters is 4. The molecule has 1 N–H and O–H groups in total. The number of nitrogens with one attached hydrogen (secondary N) is 1. The second-order valence-corrected chi connectivity index (χ2v) is 10.2. The maximum Gasteiger partial charge on any atom is 0.303 e. The quantitative estimate of drug-likeness (QED) is 0.223. The van der Waals surface area contributed by atoms with E-state index in [1.165, 1.54) is 13.1 Å². The highest BCUT2D eigenvalue weighted by molar-refractivity contribution is 7.17. The average Bonchev–Trinajstić information content (AvgIpc) is 3.38. The molecule has 3 aromatic rings. The molecular formula is C28H28N2O10S. The van der Waals surface area contributed by atoms with Crippen LogP contribution in [0, 0.1) is 0 Å². The van der Waals surface area contributed by atoms with E-state index in [2.05, 4.69) is 10.3 Å². The van der Waals surface area contributed by atoms with Gasteiger partial charge >= 0.3 is 23.9 Å². The second-order valence-electron chi connectivity index (χ2n) is 9.18. The van der Waals surface area contributed by atoms with Gasteiger partial charge in [0.15, 0.2) is 29.7 Å². The normalized spacial score (nSPS) is 21.9. The molecule has 1 fully saturated rings. The van der Waals surface area contributed by atoms with Crippen LogP contribution >= 0.6 is 11.3 Å². The van der Waals surface area contributed by atoms with Gasteiger partial charge in [0.2, 0.25) is 5.78 Å². The van der Waals surface area contributed by atoms with Gasteiger partial charge in [-0.3, -0.25) is 24.0 Å². The maximum absolute atomic E-state index is 13.2. The van der Waals surface area contributed by atoms with Gasteiger partial charge in [0.25, 0.3) is 0 Å². The first kappa shape index (κ1) is 29.6. The summed E-state index contributed by atoms with van der Waals surface area (Å²) in [6.07, 6.45) is -4.83. The molecule has 5 atom stereocenters. The summed E-state index contributed by atoms with van der Waals surface area (Å²) in [6.45, 7) is 4.26. The van der Waals surface area contributed by atoms with Crippen molar-refractivity contribution >= 4 is 56.9 Å². The Kier molecular flexibility index (Phi) is 9.30. The highest BCUT2D eigenvalue weighted by atomic mass is 32.1. The first-order chi connectivity index (χ1) is 19.5. The van der Waals surface area contributed by atoms with Gasteiger partial charge in [-0.1, -0.05) is 47.7 Å². The van der Waals surface area contributed by atoms with Crippen molar-refractivity contribution in [1.82, 2.24) is 4.98 Å². The van der Waals surface area contributed by atoms with Crippen LogP contribution in [0.5, 0.6) is 0 Å². The van der Waals surface area contributed by atoms with Crippen LogP contribution in [0.25, 0.3) is 10.8 Å². The Labute approximate surface area is 238 Å². The lowest BCUT2D eigenvalue weighted by Crippen LogP contribution is -2.64. The number of carbonyl (C=O) groups is 5. The topological polar surface area (TPSA) is 156 Å². The summed E-state index contributed by atoms with van der Waals surface area (Å²) in [5.74, 6) is -3.07. The van der Waals surface area contributed by atoms with Gasteiger partial charge in [0.05, 0.1) is 11.1 Å². The van der Waals surface area contributed by atoms with Gasteiger partial charge in [0, 0.05) is 33.3 Å². The van der Waals surface area contributed by atoms with Gasteiger partial charge in [-0.2, -0.15) is 0 Å². The zero-order valence-corrected chi connectivity index (χ0v) is 23.5. The number of carbonyl (C=O) groups excluding carboxylic acids is 5. The van der Waals surface area contributed by atoms with Crippen LogP contribution in [0.2, 0.25) is 0 Å². The highest BCUT2D eigenvalue weighted by Gasteiger charge is 2.52. The molecule has 13 heteroatoms. The Morgan fingerprint density at radius 3 is 2.12 bits per heavy atom. The lowest BCUT2D eigenvalue weighted by molar-refractivity contribution is -0.247. The number of benzene rings is 2.